The van der Waals surface area contributed by atoms with Crippen molar-refractivity contribution in [2.24, 2.45) is 5.41 Å². The van der Waals surface area contributed by atoms with Crippen molar-refractivity contribution in [2.45, 2.75) is 47.0 Å². The molecule has 1 aromatic heterocycles. The Hall–Kier alpha value is -2.20. The second-order valence-corrected chi connectivity index (χ2v) is 8.79. The molecule has 0 aliphatic carbocycles. The monoisotopic (exact) mass is 369 g/mol. The summed E-state index contributed by atoms with van der Waals surface area (Å²) in [6.45, 7) is 13.1. The molecule has 0 aliphatic heterocycles. The van der Waals surface area contributed by atoms with Gasteiger partial charge in [-0.3, -0.25) is 4.79 Å². The third kappa shape index (κ3) is 6.47. The largest absolute Gasteiger partial charge is 0.475 e. The maximum Gasteiger partial charge on any atom is 0.213 e. The quantitative estimate of drug-likeness (QED) is 0.640. The Bertz CT molecular complexity index is 735. The summed E-state index contributed by atoms with van der Waals surface area (Å²) in [7, 11) is 0. The number of ether oxygens (including phenoxy) is 2. The van der Waals surface area contributed by atoms with Crippen LogP contribution in [0.5, 0.6) is 5.88 Å². The molecule has 2 rings (SSSR count). The lowest BCUT2D eigenvalue weighted by Crippen LogP contribution is -2.25. The molecular formula is C23H31NO3. The molecule has 27 heavy (non-hydrogen) atoms. The Morgan fingerprint density at radius 1 is 0.889 bits per heavy atom. The molecule has 1 heterocycles. The normalized spacial score (nSPS) is 12.1. The molecule has 4 heteroatoms. The summed E-state index contributed by atoms with van der Waals surface area (Å²) in [6, 6.07) is 12.4. The number of nitrogens with zero attached hydrogens (tertiary/aromatic N) is 1. The first kappa shape index (κ1) is 21.1. The lowest BCUT2D eigenvalue weighted by molar-refractivity contribution is -0.131. The van der Waals surface area contributed by atoms with Crippen LogP contribution in [0.2, 0.25) is 0 Å². The highest BCUT2D eigenvalue weighted by atomic mass is 16.5. The van der Waals surface area contributed by atoms with Gasteiger partial charge >= 0.3 is 0 Å². The molecular weight excluding hydrogens is 338 g/mol. The Balaban J connectivity index is 1.82. The molecule has 0 atom stereocenters. The fourth-order valence-electron chi connectivity index (χ4n) is 2.39. The van der Waals surface area contributed by atoms with E-state index in [2.05, 4.69) is 50.0 Å². The van der Waals surface area contributed by atoms with E-state index in [0.717, 1.165) is 11.1 Å². The minimum atomic E-state index is -0.372. The molecule has 1 aromatic carbocycles. The molecule has 0 unspecified atom stereocenters. The Morgan fingerprint density at radius 3 is 2.04 bits per heavy atom. The van der Waals surface area contributed by atoms with Crippen LogP contribution in [-0.4, -0.2) is 30.6 Å². The highest BCUT2D eigenvalue weighted by Crippen LogP contribution is 2.26. The molecule has 0 N–H and O–H groups in total. The lowest BCUT2D eigenvalue weighted by Gasteiger charge is -2.19. The summed E-state index contributed by atoms with van der Waals surface area (Å²) in [5.74, 6) is 0.637. The second-order valence-electron chi connectivity index (χ2n) is 8.79. The topological polar surface area (TPSA) is 48.4 Å². The van der Waals surface area contributed by atoms with Crippen molar-refractivity contribution >= 4 is 5.78 Å². The number of carbonyl (C=O) groups is 1. The zero-order chi connectivity index (χ0) is 20.1. The van der Waals surface area contributed by atoms with Gasteiger partial charge in [-0.1, -0.05) is 65.8 Å². The molecule has 4 nitrogen and oxygen atoms in total. The minimum absolute atomic E-state index is 0.0856. The van der Waals surface area contributed by atoms with Crippen LogP contribution in [0, 0.1) is 5.41 Å². The summed E-state index contributed by atoms with van der Waals surface area (Å²) in [5, 5.41) is 0. The number of hydrogen-bond donors (Lipinski definition) is 0. The van der Waals surface area contributed by atoms with E-state index in [4.69, 9.17) is 9.47 Å². The molecule has 0 fully saturated rings. The van der Waals surface area contributed by atoms with Gasteiger partial charge in [-0.05, 0) is 22.6 Å². The molecule has 0 amide bonds. The average molecular weight is 370 g/mol. The third-order valence-corrected chi connectivity index (χ3v) is 4.37. The third-order valence-electron chi connectivity index (χ3n) is 4.37. The molecule has 2 aromatic rings. The molecule has 0 saturated heterocycles. The predicted molar refractivity (Wildman–Crippen MR) is 109 cm³/mol. The number of pyridine rings is 1. The summed E-state index contributed by atoms with van der Waals surface area (Å²) in [5.41, 5.74) is 3.27. The van der Waals surface area contributed by atoms with E-state index in [-0.39, 0.29) is 23.2 Å². The van der Waals surface area contributed by atoms with Gasteiger partial charge in [-0.2, -0.15) is 0 Å². The number of ketones is 1. The van der Waals surface area contributed by atoms with Gasteiger partial charge in [0, 0.05) is 23.2 Å². The van der Waals surface area contributed by atoms with Crippen LogP contribution in [0.25, 0.3) is 11.1 Å². The highest BCUT2D eigenvalue weighted by Gasteiger charge is 2.20. The number of Topliss-reactive ketones (excluding diaryl/α,β-unsaturated/α-hetero) is 1. The molecule has 0 radical (unpaired) electrons. The van der Waals surface area contributed by atoms with E-state index >= 15 is 0 Å². The van der Waals surface area contributed by atoms with Gasteiger partial charge in [-0.15, -0.1) is 0 Å². The Kier molecular flexibility index (Phi) is 6.77. The van der Waals surface area contributed by atoms with Crippen LogP contribution in [0.15, 0.2) is 42.6 Å². The van der Waals surface area contributed by atoms with Crippen LogP contribution in [0.3, 0.4) is 0 Å². The van der Waals surface area contributed by atoms with Gasteiger partial charge in [0.05, 0.1) is 6.61 Å². The van der Waals surface area contributed by atoms with Crippen molar-refractivity contribution in [1.82, 2.24) is 4.98 Å². The van der Waals surface area contributed by atoms with Crippen molar-refractivity contribution in [2.75, 3.05) is 19.8 Å². The standard InChI is InChI=1S/C23H31NO3/c1-22(2,3)19-10-7-17(8-11-19)18-9-12-21(24-15-18)27-14-13-26-16-20(25)23(4,5)6/h7-12,15H,13-14,16H2,1-6H3. The molecule has 146 valence electrons. The first-order valence-electron chi connectivity index (χ1n) is 9.38. The van der Waals surface area contributed by atoms with Crippen LogP contribution in [-0.2, 0) is 14.9 Å². The smallest absolute Gasteiger partial charge is 0.213 e. The van der Waals surface area contributed by atoms with Crippen LogP contribution < -0.4 is 4.74 Å². The molecule has 0 saturated carbocycles. The zero-order valence-corrected chi connectivity index (χ0v) is 17.3. The van der Waals surface area contributed by atoms with Gasteiger partial charge in [0.1, 0.15) is 13.2 Å². The fourth-order valence-corrected chi connectivity index (χ4v) is 2.39. The summed E-state index contributed by atoms with van der Waals surface area (Å²) < 4.78 is 11.0. The van der Waals surface area contributed by atoms with E-state index < -0.39 is 0 Å². The molecule has 0 bridgehead atoms. The van der Waals surface area contributed by atoms with E-state index in [0.29, 0.717) is 19.1 Å². The van der Waals surface area contributed by atoms with Crippen molar-refractivity contribution in [3.8, 4) is 17.0 Å². The number of aromatic nitrogens is 1. The Labute approximate surface area is 162 Å². The SMILES string of the molecule is CC(C)(C)C(=O)COCCOc1ccc(-c2ccc(C(C)(C)C)cc2)cn1. The fraction of sp³-hybridized carbons (Fsp3) is 0.478. The molecule has 0 spiro atoms. The van der Waals surface area contributed by atoms with E-state index in [1.165, 1.54) is 5.56 Å². The minimum Gasteiger partial charge on any atom is -0.475 e. The van der Waals surface area contributed by atoms with Crippen LogP contribution in [0.1, 0.15) is 47.1 Å². The number of carbonyl (C=O) groups excluding carboxylic acids is 1. The van der Waals surface area contributed by atoms with Gasteiger partial charge in [-0.25, -0.2) is 4.98 Å². The lowest BCUT2D eigenvalue weighted by atomic mass is 9.86. The zero-order valence-electron chi connectivity index (χ0n) is 17.3. The van der Waals surface area contributed by atoms with Crippen molar-refractivity contribution < 1.29 is 14.3 Å². The number of benzene rings is 1. The predicted octanol–water partition coefficient (Wildman–Crippen LogP) is 5.06. The highest BCUT2D eigenvalue weighted by molar-refractivity contribution is 5.84. The van der Waals surface area contributed by atoms with Gasteiger partial charge < -0.3 is 9.47 Å². The summed E-state index contributed by atoms with van der Waals surface area (Å²) in [6.07, 6.45) is 1.81. The van der Waals surface area contributed by atoms with E-state index in [9.17, 15) is 4.79 Å². The van der Waals surface area contributed by atoms with Crippen molar-refractivity contribution in [3.63, 3.8) is 0 Å². The van der Waals surface area contributed by atoms with Crippen molar-refractivity contribution in [3.05, 3.63) is 48.2 Å². The van der Waals surface area contributed by atoms with Gasteiger partial charge in [0.2, 0.25) is 5.88 Å². The first-order valence-corrected chi connectivity index (χ1v) is 9.38. The van der Waals surface area contributed by atoms with E-state index in [1.54, 1.807) is 0 Å². The first-order chi connectivity index (χ1) is 12.6. The maximum absolute atomic E-state index is 11.8. The van der Waals surface area contributed by atoms with Crippen molar-refractivity contribution in [1.29, 1.82) is 0 Å². The number of hydrogen-bond acceptors (Lipinski definition) is 4. The van der Waals surface area contributed by atoms with Gasteiger partial charge in [0.25, 0.3) is 0 Å². The average Bonchev–Trinajstić information content (AvgIpc) is 2.60. The second kappa shape index (κ2) is 8.66. The van der Waals surface area contributed by atoms with E-state index in [1.807, 2.05) is 39.1 Å². The summed E-state index contributed by atoms with van der Waals surface area (Å²) in [4.78, 5) is 16.1. The number of rotatable bonds is 7. The summed E-state index contributed by atoms with van der Waals surface area (Å²) >= 11 is 0. The Morgan fingerprint density at radius 2 is 1.52 bits per heavy atom. The molecule has 0 aliphatic rings. The van der Waals surface area contributed by atoms with Crippen LogP contribution >= 0.6 is 0 Å². The maximum atomic E-state index is 11.8. The van der Waals surface area contributed by atoms with Crippen LogP contribution in [0.4, 0.5) is 0 Å². The van der Waals surface area contributed by atoms with Gasteiger partial charge in [0.15, 0.2) is 5.78 Å².